The van der Waals surface area contributed by atoms with E-state index in [4.69, 9.17) is 16.3 Å². The van der Waals surface area contributed by atoms with Gasteiger partial charge >= 0.3 is 0 Å². The molecule has 0 saturated carbocycles. The summed E-state index contributed by atoms with van der Waals surface area (Å²) in [5.74, 6) is 0.602. The molecule has 0 fully saturated rings. The molecule has 0 bridgehead atoms. The largest absolute Gasteiger partial charge is 0.497 e. The van der Waals surface area contributed by atoms with Gasteiger partial charge in [-0.15, -0.1) is 11.3 Å². The summed E-state index contributed by atoms with van der Waals surface area (Å²) in [4.78, 5) is 4.64. The monoisotopic (exact) mass is 444 g/mol. The Morgan fingerprint density at radius 3 is 2.55 bits per heavy atom. The second-order valence-corrected chi connectivity index (χ2v) is 9.54. The van der Waals surface area contributed by atoms with Gasteiger partial charge in [-0.3, -0.25) is 4.72 Å². The minimum absolute atomic E-state index is 0.186. The van der Waals surface area contributed by atoms with Crippen molar-refractivity contribution in [1.29, 1.82) is 0 Å². The van der Waals surface area contributed by atoms with Crippen molar-refractivity contribution in [3.63, 3.8) is 0 Å². The molecule has 0 atom stereocenters. The Hall–Kier alpha value is -2.61. The first kappa shape index (κ1) is 19.7. The smallest absolute Gasteiger partial charge is 0.236 e. The lowest BCUT2D eigenvalue weighted by Gasteiger charge is -2.09. The van der Waals surface area contributed by atoms with Crippen molar-refractivity contribution in [1.82, 2.24) is 4.98 Å². The van der Waals surface area contributed by atoms with Gasteiger partial charge in [0.1, 0.15) is 10.8 Å². The second kappa shape index (κ2) is 8.02. The van der Waals surface area contributed by atoms with Gasteiger partial charge in [-0.1, -0.05) is 29.8 Å². The fourth-order valence-electron chi connectivity index (χ4n) is 2.87. The van der Waals surface area contributed by atoms with Crippen LogP contribution in [0.2, 0.25) is 5.02 Å². The Labute approximate surface area is 178 Å². The fourth-order valence-corrected chi connectivity index (χ4v) is 5.38. The van der Waals surface area contributed by atoms with E-state index < -0.39 is 10.0 Å². The predicted octanol–water partition coefficient (Wildman–Crippen LogP) is 5.57. The number of ether oxygens (including phenoxy) is 1. The molecule has 3 aromatic carbocycles. The Bertz CT molecular complexity index is 1270. The summed E-state index contributed by atoms with van der Waals surface area (Å²) >= 11 is 7.63. The second-order valence-electron chi connectivity index (χ2n) is 6.38. The molecule has 0 aliphatic rings. The van der Waals surface area contributed by atoms with Gasteiger partial charge in [0, 0.05) is 16.3 Å². The molecule has 0 unspecified atom stereocenters. The Kier molecular flexibility index (Phi) is 5.45. The highest BCUT2D eigenvalue weighted by atomic mass is 35.5. The van der Waals surface area contributed by atoms with Crippen molar-refractivity contribution < 1.29 is 13.2 Å². The molecule has 1 aromatic heterocycles. The molecule has 5 nitrogen and oxygen atoms in total. The number of anilines is 1. The summed E-state index contributed by atoms with van der Waals surface area (Å²) in [7, 11) is -1.94. The van der Waals surface area contributed by atoms with Crippen molar-refractivity contribution in [2.75, 3.05) is 11.8 Å². The van der Waals surface area contributed by atoms with Gasteiger partial charge in [-0.05, 0) is 54.1 Å². The van der Waals surface area contributed by atoms with Crippen LogP contribution in [0.3, 0.4) is 0 Å². The van der Waals surface area contributed by atoms with Crippen molar-refractivity contribution >= 4 is 48.9 Å². The van der Waals surface area contributed by atoms with Crippen LogP contribution in [0.4, 0.5) is 5.69 Å². The minimum Gasteiger partial charge on any atom is -0.497 e. The standard InChI is InChI=1S/C21H17ClN2O3S2/c1-27-17-10-11-19-20(12-17)28-21(23-19)14-6-8-16(9-7-14)24-29(25,26)13-15-4-2-3-5-18(15)22/h2-12,24H,13H2,1H3. The molecule has 0 radical (unpaired) electrons. The molecule has 1 heterocycles. The number of rotatable bonds is 6. The Balaban J connectivity index is 1.52. The number of methoxy groups -OCH3 is 1. The topological polar surface area (TPSA) is 68.3 Å². The lowest BCUT2D eigenvalue weighted by Crippen LogP contribution is -2.15. The van der Waals surface area contributed by atoms with Gasteiger partial charge in [0.15, 0.2) is 0 Å². The van der Waals surface area contributed by atoms with E-state index in [-0.39, 0.29) is 5.75 Å². The average molecular weight is 445 g/mol. The van der Waals surface area contributed by atoms with E-state index in [1.807, 2.05) is 30.3 Å². The third kappa shape index (κ3) is 4.53. The molecule has 0 spiro atoms. The Morgan fingerprint density at radius 1 is 1.07 bits per heavy atom. The number of thiazole rings is 1. The van der Waals surface area contributed by atoms with Gasteiger partial charge in [-0.25, -0.2) is 13.4 Å². The number of benzene rings is 3. The van der Waals surface area contributed by atoms with Crippen LogP contribution in [0.15, 0.2) is 66.7 Å². The molecule has 0 amide bonds. The normalized spacial score (nSPS) is 11.5. The van der Waals surface area contributed by atoms with Gasteiger partial charge in [0.25, 0.3) is 0 Å². The van der Waals surface area contributed by atoms with Crippen LogP contribution in [0, 0.1) is 0 Å². The van der Waals surface area contributed by atoms with Crippen molar-refractivity contribution in [2.45, 2.75) is 5.75 Å². The maximum Gasteiger partial charge on any atom is 0.236 e. The zero-order valence-electron chi connectivity index (χ0n) is 15.4. The molecule has 4 rings (SSSR count). The maximum absolute atomic E-state index is 12.5. The molecule has 29 heavy (non-hydrogen) atoms. The van der Waals surface area contributed by atoms with Crippen LogP contribution in [0.5, 0.6) is 5.75 Å². The van der Waals surface area contributed by atoms with Crippen LogP contribution >= 0.6 is 22.9 Å². The van der Waals surface area contributed by atoms with Gasteiger partial charge in [0.2, 0.25) is 10.0 Å². The molecule has 0 aliphatic carbocycles. The van der Waals surface area contributed by atoms with E-state index >= 15 is 0 Å². The molecule has 4 aromatic rings. The summed E-state index contributed by atoms with van der Waals surface area (Å²) in [5, 5.41) is 1.29. The summed E-state index contributed by atoms with van der Waals surface area (Å²) in [6.07, 6.45) is 0. The zero-order chi connectivity index (χ0) is 20.4. The van der Waals surface area contributed by atoms with E-state index in [2.05, 4.69) is 9.71 Å². The van der Waals surface area contributed by atoms with Crippen molar-refractivity contribution in [3.05, 3.63) is 77.3 Å². The quantitative estimate of drug-likeness (QED) is 0.422. The molecular weight excluding hydrogens is 428 g/mol. The third-order valence-corrected chi connectivity index (χ3v) is 6.98. The van der Waals surface area contributed by atoms with E-state index in [1.165, 1.54) is 0 Å². The van der Waals surface area contributed by atoms with Gasteiger partial charge in [0.05, 0.1) is 23.1 Å². The van der Waals surface area contributed by atoms with Crippen molar-refractivity contribution in [2.24, 2.45) is 0 Å². The summed E-state index contributed by atoms with van der Waals surface area (Å²) in [5.41, 5.74) is 2.86. The predicted molar refractivity (Wildman–Crippen MR) is 119 cm³/mol. The van der Waals surface area contributed by atoms with E-state index in [0.717, 1.165) is 26.5 Å². The SMILES string of the molecule is COc1ccc2nc(-c3ccc(NS(=O)(=O)Cc4ccccc4Cl)cc3)sc2c1. The number of hydrogen-bond donors (Lipinski definition) is 1. The van der Waals surface area contributed by atoms with Crippen LogP contribution in [0.25, 0.3) is 20.8 Å². The van der Waals surface area contributed by atoms with Crippen LogP contribution < -0.4 is 9.46 Å². The highest BCUT2D eigenvalue weighted by Gasteiger charge is 2.14. The first-order valence-corrected chi connectivity index (χ1v) is 11.6. The lowest BCUT2D eigenvalue weighted by molar-refractivity contribution is 0.415. The first-order chi connectivity index (χ1) is 13.9. The number of fused-ring (bicyclic) bond motifs is 1. The van der Waals surface area contributed by atoms with Gasteiger partial charge in [-0.2, -0.15) is 0 Å². The molecular formula is C21H17ClN2O3S2. The van der Waals surface area contributed by atoms with Crippen LogP contribution in [-0.2, 0) is 15.8 Å². The highest BCUT2D eigenvalue weighted by Crippen LogP contribution is 2.33. The lowest BCUT2D eigenvalue weighted by atomic mass is 10.2. The van der Waals surface area contributed by atoms with E-state index in [0.29, 0.717) is 16.3 Å². The van der Waals surface area contributed by atoms with E-state index in [1.54, 1.807) is 54.8 Å². The maximum atomic E-state index is 12.5. The summed E-state index contributed by atoms with van der Waals surface area (Å²) in [6.45, 7) is 0. The average Bonchev–Trinajstić information content (AvgIpc) is 3.13. The number of nitrogens with zero attached hydrogens (tertiary/aromatic N) is 1. The summed E-state index contributed by atoms with van der Waals surface area (Å²) in [6, 6.07) is 19.8. The number of aromatic nitrogens is 1. The van der Waals surface area contributed by atoms with Crippen LogP contribution in [-0.4, -0.2) is 20.5 Å². The highest BCUT2D eigenvalue weighted by molar-refractivity contribution is 7.91. The summed E-state index contributed by atoms with van der Waals surface area (Å²) < 4.78 is 33.8. The Morgan fingerprint density at radius 2 is 1.83 bits per heavy atom. The van der Waals surface area contributed by atoms with E-state index in [9.17, 15) is 8.42 Å². The molecule has 0 saturated heterocycles. The minimum atomic E-state index is -3.58. The fraction of sp³-hybridized carbons (Fsp3) is 0.0952. The van der Waals surface area contributed by atoms with Crippen LogP contribution in [0.1, 0.15) is 5.56 Å². The number of hydrogen-bond acceptors (Lipinski definition) is 5. The molecule has 148 valence electrons. The number of halogens is 1. The molecule has 8 heteroatoms. The molecule has 0 aliphatic heterocycles. The number of nitrogens with one attached hydrogen (secondary N) is 1. The van der Waals surface area contributed by atoms with Crippen molar-refractivity contribution in [3.8, 4) is 16.3 Å². The molecule has 1 N–H and O–H groups in total. The van der Waals surface area contributed by atoms with Gasteiger partial charge < -0.3 is 4.74 Å². The first-order valence-electron chi connectivity index (χ1n) is 8.72. The third-order valence-electron chi connectivity index (χ3n) is 4.30. The zero-order valence-corrected chi connectivity index (χ0v) is 17.8. The number of sulfonamides is 1.